The Hall–Kier alpha value is -1.92. The molecule has 1 aromatic rings. The van der Waals surface area contributed by atoms with Crippen molar-refractivity contribution in [2.45, 2.75) is 18.9 Å². The van der Waals surface area contributed by atoms with Gasteiger partial charge in [-0.05, 0) is 37.6 Å². The van der Waals surface area contributed by atoms with Gasteiger partial charge < -0.3 is 20.5 Å². The Bertz CT molecular complexity index is 492. The van der Waals surface area contributed by atoms with Crippen LogP contribution in [0.4, 0.5) is 5.69 Å². The number of carbonyl (C=O) groups is 2. The molecule has 6 nitrogen and oxygen atoms in total. The molecule has 1 unspecified atom stereocenters. The third kappa shape index (κ3) is 3.15. The molecule has 3 N–H and O–H groups in total. The second-order valence-corrected chi connectivity index (χ2v) is 4.71. The van der Waals surface area contributed by atoms with E-state index < -0.39 is 5.54 Å². The number of esters is 1. The van der Waals surface area contributed by atoms with Crippen LogP contribution in [-0.2, 0) is 14.3 Å². The zero-order chi connectivity index (χ0) is 14.6. The van der Waals surface area contributed by atoms with E-state index in [4.69, 9.17) is 15.2 Å². The molecule has 1 amide bonds. The molecule has 1 fully saturated rings. The van der Waals surface area contributed by atoms with Gasteiger partial charge in [-0.1, -0.05) is 0 Å². The van der Waals surface area contributed by atoms with Crippen LogP contribution in [0, 0.1) is 0 Å². The van der Waals surface area contributed by atoms with Crippen LogP contribution >= 0.6 is 0 Å². The van der Waals surface area contributed by atoms with Crippen molar-refractivity contribution >= 4 is 17.6 Å². The highest BCUT2D eigenvalue weighted by Crippen LogP contribution is 2.18. The van der Waals surface area contributed by atoms with Gasteiger partial charge in [-0.15, -0.1) is 0 Å². The van der Waals surface area contributed by atoms with Gasteiger partial charge in [-0.3, -0.25) is 4.79 Å². The molecule has 0 aliphatic carbocycles. The first kappa shape index (κ1) is 14.5. The minimum atomic E-state index is -0.972. The molecule has 1 aliphatic rings. The normalized spacial score (nSPS) is 21.5. The van der Waals surface area contributed by atoms with Crippen LogP contribution in [0.5, 0.6) is 0 Å². The van der Waals surface area contributed by atoms with Gasteiger partial charge in [0.2, 0.25) is 5.91 Å². The molecule has 20 heavy (non-hydrogen) atoms. The number of nitrogens with two attached hydrogens (primary N) is 1. The highest BCUT2D eigenvalue weighted by molar-refractivity contribution is 5.98. The first-order chi connectivity index (χ1) is 9.55. The van der Waals surface area contributed by atoms with Gasteiger partial charge in [0.05, 0.1) is 18.8 Å². The number of carbonyl (C=O) groups excluding carboxylic acids is 2. The third-order valence-corrected chi connectivity index (χ3v) is 3.16. The molecule has 0 aromatic heterocycles. The lowest BCUT2D eigenvalue weighted by atomic mass is 9.99. The summed E-state index contributed by atoms with van der Waals surface area (Å²) < 4.78 is 10.0. The smallest absolute Gasteiger partial charge is 0.338 e. The van der Waals surface area contributed by atoms with E-state index in [1.165, 1.54) is 0 Å². The standard InChI is InChI=1S/C14H18N2O4/c1-2-20-12(17)10-3-5-11(6-4-10)16-13(18)14(15)7-8-19-9-14/h3-6H,2,7-9,15H2,1H3,(H,16,18). The van der Waals surface area contributed by atoms with Crippen LogP contribution in [0.2, 0.25) is 0 Å². The largest absolute Gasteiger partial charge is 0.462 e. The monoisotopic (exact) mass is 278 g/mol. The number of anilines is 1. The summed E-state index contributed by atoms with van der Waals surface area (Å²) in [6.45, 7) is 2.79. The Morgan fingerprint density at radius 1 is 1.40 bits per heavy atom. The zero-order valence-electron chi connectivity index (χ0n) is 11.3. The predicted molar refractivity (Wildman–Crippen MR) is 73.4 cm³/mol. The van der Waals surface area contributed by atoms with E-state index in [1.807, 2.05) is 0 Å². The van der Waals surface area contributed by atoms with Crippen molar-refractivity contribution in [3.63, 3.8) is 0 Å². The fourth-order valence-corrected chi connectivity index (χ4v) is 1.92. The van der Waals surface area contributed by atoms with E-state index in [0.717, 1.165) is 0 Å². The van der Waals surface area contributed by atoms with Crippen LogP contribution in [0.15, 0.2) is 24.3 Å². The number of hydrogen-bond donors (Lipinski definition) is 2. The minimum Gasteiger partial charge on any atom is -0.462 e. The minimum absolute atomic E-state index is 0.222. The fourth-order valence-electron chi connectivity index (χ4n) is 1.92. The molecule has 1 heterocycles. The number of hydrogen-bond acceptors (Lipinski definition) is 5. The Labute approximate surface area is 117 Å². The summed E-state index contributed by atoms with van der Waals surface area (Å²) in [4.78, 5) is 23.5. The SMILES string of the molecule is CCOC(=O)c1ccc(NC(=O)C2(N)CCOC2)cc1. The number of benzene rings is 1. The fraction of sp³-hybridized carbons (Fsp3) is 0.429. The van der Waals surface area contributed by atoms with Crippen molar-refractivity contribution in [3.8, 4) is 0 Å². The maximum Gasteiger partial charge on any atom is 0.338 e. The van der Waals surface area contributed by atoms with E-state index in [0.29, 0.717) is 30.9 Å². The number of rotatable bonds is 4. The summed E-state index contributed by atoms with van der Waals surface area (Å²) in [6, 6.07) is 6.48. The van der Waals surface area contributed by atoms with Crippen LogP contribution in [0.1, 0.15) is 23.7 Å². The lowest BCUT2D eigenvalue weighted by Gasteiger charge is -2.20. The van der Waals surface area contributed by atoms with E-state index in [1.54, 1.807) is 31.2 Å². The molecule has 1 aliphatic heterocycles. The van der Waals surface area contributed by atoms with Gasteiger partial charge in [0, 0.05) is 12.3 Å². The molecule has 1 aromatic carbocycles. The molecule has 1 atom stereocenters. The molecular weight excluding hydrogens is 260 g/mol. The van der Waals surface area contributed by atoms with Gasteiger partial charge >= 0.3 is 5.97 Å². The summed E-state index contributed by atoms with van der Waals surface area (Å²) in [5.74, 6) is -0.663. The van der Waals surface area contributed by atoms with Crippen molar-refractivity contribution in [1.29, 1.82) is 0 Å². The number of ether oxygens (including phenoxy) is 2. The Morgan fingerprint density at radius 2 is 2.10 bits per heavy atom. The number of amides is 1. The summed E-state index contributed by atoms with van der Waals surface area (Å²) in [7, 11) is 0. The lowest BCUT2D eigenvalue weighted by Crippen LogP contribution is -2.51. The topological polar surface area (TPSA) is 90.7 Å². The average Bonchev–Trinajstić information content (AvgIpc) is 2.88. The summed E-state index contributed by atoms with van der Waals surface area (Å²) in [5.41, 5.74) is 6.01. The first-order valence-corrected chi connectivity index (χ1v) is 6.50. The van der Waals surface area contributed by atoms with E-state index >= 15 is 0 Å². The number of nitrogens with one attached hydrogen (secondary N) is 1. The molecule has 6 heteroatoms. The highest BCUT2D eigenvalue weighted by Gasteiger charge is 2.38. The predicted octanol–water partition coefficient (Wildman–Crippen LogP) is 0.920. The maximum absolute atomic E-state index is 12.1. The van der Waals surface area contributed by atoms with Crippen molar-refractivity contribution < 1.29 is 19.1 Å². The third-order valence-electron chi connectivity index (χ3n) is 3.16. The molecule has 0 radical (unpaired) electrons. The molecule has 1 saturated heterocycles. The van der Waals surface area contributed by atoms with Crippen molar-refractivity contribution in [2.75, 3.05) is 25.1 Å². The molecule has 2 rings (SSSR count). The summed E-state index contributed by atoms with van der Waals surface area (Å²) in [6.07, 6.45) is 0.500. The van der Waals surface area contributed by atoms with Gasteiger partial charge in [0.1, 0.15) is 5.54 Å². The van der Waals surface area contributed by atoms with E-state index in [2.05, 4.69) is 5.32 Å². The molecular formula is C14H18N2O4. The van der Waals surface area contributed by atoms with Crippen LogP contribution in [0.3, 0.4) is 0 Å². The second kappa shape index (κ2) is 6.02. The van der Waals surface area contributed by atoms with Crippen molar-refractivity contribution in [1.82, 2.24) is 0 Å². The first-order valence-electron chi connectivity index (χ1n) is 6.50. The lowest BCUT2D eigenvalue weighted by molar-refractivity contribution is -0.121. The van der Waals surface area contributed by atoms with Crippen LogP contribution in [-0.4, -0.2) is 37.2 Å². The maximum atomic E-state index is 12.1. The van der Waals surface area contributed by atoms with E-state index in [-0.39, 0.29) is 18.5 Å². The van der Waals surface area contributed by atoms with Crippen LogP contribution in [0.25, 0.3) is 0 Å². The Balaban J connectivity index is 2.00. The summed E-state index contributed by atoms with van der Waals surface area (Å²) >= 11 is 0. The highest BCUT2D eigenvalue weighted by atomic mass is 16.5. The molecule has 0 bridgehead atoms. The summed E-state index contributed by atoms with van der Waals surface area (Å²) in [5, 5.41) is 2.73. The Kier molecular flexibility index (Phi) is 4.36. The second-order valence-electron chi connectivity index (χ2n) is 4.71. The molecule has 108 valence electrons. The van der Waals surface area contributed by atoms with Crippen molar-refractivity contribution in [3.05, 3.63) is 29.8 Å². The van der Waals surface area contributed by atoms with Gasteiger partial charge in [0.15, 0.2) is 0 Å². The quantitative estimate of drug-likeness (QED) is 0.799. The molecule has 0 saturated carbocycles. The van der Waals surface area contributed by atoms with Crippen molar-refractivity contribution in [2.24, 2.45) is 5.73 Å². The van der Waals surface area contributed by atoms with Gasteiger partial charge in [-0.2, -0.15) is 0 Å². The zero-order valence-corrected chi connectivity index (χ0v) is 11.3. The van der Waals surface area contributed by atoms with E-state index in [9.17, 15) is 9.59 Å². The van der Waals surface area contributed by atoms with Crippen LogP contribution < -0.4 is 11.1 Å². The van der Waals surface area contributed by atoms with Gasteiger partial charge in [0.25, 0.3) is 0 Å². The average molecular weight is 278 g/mol. The molecule has 0 spiro atoms. The van der Waals surface area contributed by atoms with Gasteiger partial charge in [-0.25, -0.2) is 4.79 Å². The Morgan fingerprint density at radius 3 is 2.65 bits per heavy atom.